The van der Waals surface area contributed by atoms with Gasteiger partial charge >= 0.3 is 0 Å². The summed E-state index contributed by atoms with van der Waals surface area (Å²) in [6.07, 6.45) is 5.10. The van der Waals surface area contributed by atoms with Crippen molar-refractivity contribution in [3.8, 4) is 0 Å². The third-order valence-corrected chi connectivity index (χ3v) is 15.3. The predicted molar refractivity (Wildman–Crippen MR) is 200 cm³/mol. The van der Waals surface area contributed by atoms with E-state index in [1.807, 2.05) is 0 Å². The SMILES string of the molecule is CC1=CC([Si](c2cc(C(C)C)cc(C(C)C)c2)(c2cc(C(C)C)cc(C(C)C)c2)c2cc(C(C)C)cc(C(C)C)c2)C(C)=C1. The molecule has 0 saturated heterocycles. The average molecular weight is 605 g/mol. The van der Waals surface area contributed by atoms with Gasteiger partial charge in [-0.15, -0.1) is 0 Å². The first-order chi connectivity index (χ1) is 20.6. The van der Waals surface area contributed by atoms with Crippen LogP contribution in [0.4, 0.5) is 0 Å². The lowest BCUT2D eigenvalue weighted by molar-refractivity contribution is 0.834. The van der Waals surface area contributed by atoms with Gasteiger partial charge in [0.2, 0.25) is 0 Å². The molecule has 0 fully saturated rings. The zero-order valence-corrected chi connectivity index (χ0v) is 31.4. The molecule has 236 valence electrons. The summed E-state index contributed by atoms with van der Waals surface area (Å²) in [7, 11) is -2.70. The summed E-state index contributed by atoms with van der Waals surface area (Å²) < 4.78 is 0. The number of hydrogen-bond acceptors (Lipinski definition) is 0. The quantitative estimate of drug-likeness (QED) is 0.159. The van der Waals surface area contributed by atoms with Gasteiger partial charge in [-0.1, -0.05) is 161 Å². The van der Waals surface area contributed by atoms with Gasteiger partial charge in [0, 0.05) is 5.54 Å². The molecule has 3 aromatic carbocycles. The van der Waals surface area contributed by atoms with Gasteiger partial charge in [0.05, 0.1) is 0 Å². The van der Waals surface area contributed by atoms with Crippen molar-refractivity contribution >= 4 is 23.6 Å². The molecule has 1 unspecified atom stereocenters. The maximum Gasteiger partial charge on any atom is 0.159 e. The van der Waals surface area contributed by atoms with Gasteiger partial charge in [-0.3, -0.25) is 0 Å². The molecule has 1 aliphatic carbocycles. The molecule has 1 heteroatoms. The fraction of sp³-hybridized carbons (Fsp3) is 0.488. The summed E-state index contributed by atoms with van der Waals surface area (Å²) >= 11 is 0. The Morgan fingerprint density at radius 1 is 0.409 bits per heavy atom. The molecule has 0 radical (unpaired) electrons. The van der Waals surface area contributed by atoms with Gasteiger partial charge in [0.25, 0.3) is 0 Å². The average Bonchev–Trinajstić information content (AvgIpc) is 3.30. The molecule has 44 heavy (non-hydrogen) atoms. The number of allylic oxidation sites excluding steroid dienone is 4. The molecule has 0 saturated carbocycles. The van der Waals surface area contributed by atoms with Crippen LogP contribution in [0.1, 0.15) is 166 Å². The van der Waals surface area contributed by atoms with Crippen LogP contribution >= 0.6 is 0 Å². The van der Waals surface area contributed by atoms with E-state index >= 15 is 0 Å². The largest absolute Gasteiger partial charge is 0.159 e. The van der Waals surface area contributed by atoms with E-state index in [0.29, 0.717) is 41.0 Å². The van der Waals surface area contributed by atoms with Crippen LogP contribution in [-0.4, -0.2) is 8.07 Å². The third kappa shape index (κ3) is 6.64. The van der Waals surface area contributed by atoms with E-state index in [1.54, 1.807) is 15.6 Å². The summed E-state index contributed by atoms with van der Waals surface area (Å²) in [5, 5.41) is 4.71. The van der Waals surface area contributed by atoms with E-state index in [2.05, 4.69) is 164 Å². The Labute approximate surface area is 272 Å². The van der Waals surface area contributed by atoms with Gasteiger partial charge in [0.1, 0.15) is 0 Å². The molecule has 0 heterocycles. The minimum Gasteiger partial charge on any atom is -0.0761 e. The van der Waals surface area contributed by atoms with Gasteiger partial charge < -0.3 is 0 Å². The molecule has 1 aliphatic rings. The summed E-state index contributed by atoms with van der Waals surface area (Å²) in [6.45, 7) is 33.1. The molecule has 0 spiro atoms. The van der Waals surface area contributed by atoms with E-state index < -0.39 is 8.07 Å². The van der Waals surface area contributed by atoms with Crippen LogP contribution in [0, 0.1) is 0 Å². The molecule has 0 aromatic heterocycles. The first-order valence-electron chi connectivity index (χ1n) is 17.4. The highest BCUT2D eigenvalue weighted by Gasteiger charge is 2.48. The van der Waals surface area contributed by atoms with E-state index in [-0.39, 0.29) is 0 Å². The normalized spacial score (nSPS) is 15.9. The van der Waals surface area contributed by atoms with Crippen LogP contribution in [0.2, 0.25) is 5.54 Å². The predicted octanol–water partition coefficient (Wildman–Crippen LogP) is 11.2. The van der Waals surface area contributed by atoms with Crippen LogP contribution in [0.3, 0.4) is 0 Å². The van der Waals surface area contributed by atoms with Crippen molar-refractivity contribution in [2.45, 2.75) is 138 Å². The molecular weight excluding hydrogens is 545 g/mol. The van der Waals surface area contributed by atoms with Crippen molar-refractivity contribution in [3.05, 3.63) is 111 Å². The van der Waals surface area contributed by atoms with Crippen molar-refractivity contribution < 1.29 is 0 Å². The van der Waals surface area contributed by atoms with Crippen LogP contribution in [-0.2, 0) is 0 Å². The minimum atomic E-state index is -2.70. The monoisotopic (exact) mass is 604 g/mol. The van der Waals surface area contributed by atoms with Crippen molar-refractivity contribution in [1.29, 1.82) is 0 Å². The Bertz CT molecular complexity index is 1310. The van der Waals surface area contributed by atoms with E-state index in [0.717, 1.165) is 0 Å². The van der Waals surface area contributed by atoms with Gasteiger partial charge in [0.15, 0.2) is 8.07 Å². The molecule has 4 rings (SSSR count). The molecule has 1 atom stereocenters. The maximum atomic E-state index is 2.63. The second-order valence-corrected chi connectivity index (χ2v) is 19.6. The molecule has 3 aromatic rings. The topological polar surface area (TPSA) is 0 Å². The second kappa shape index (κ2) is 13.4. The highest BCUT2D eigenvalue weighted by molar-refractivity contribution is 7.13. The Morgan fingerprint density at radius 3 is 0.841 bits per heavy atom. The summed E-state index contributed by atoms with van der Waals surface area (Å²) in [5.74, 6) is 2.82. The van der Waals surface area contributed by atoms with Crippen molar-refractivity contribution in [1.82, 2.24) is 0 Å². The third-order valence-electron chi connectivity index (χ3n) is 10.1. The van der Waals surface area contributed by atoms with Crippen molar-refractivity contribution in [3.63, 3.8) is 0 Å². The zero-order chi connectivity index (χ0) is 32.7. The van der Waals surface area contributed by atoms with Crippen LogP contribution < -0.4 is 15.6 Å². The number of benzene rings is 3. The lowest BCUT2D eigenvalue weighted by Crippen LogP contribution is -2.70. The molecular formula is C43H60Si. The van der Waals surface area contributed by atoms with Gasteiger partial charge in [-0.2, -0.15) is 0 Å². The Morgan fingerprint density at radius 2 is 0.659 bits per heavy atom. The Balaban J connectivity index is 2.34. The lowest BCUT2D eigenvalue weighted by Gasteiger charge is -2.41. The fourth-order valence-corrected chi connectivity index (χ4v) is 12.8. The first kappa shape index (κ1) is 34.2. The summed E-state index contributed by atoms with van der Waals surface area (Å²) in [5.41, 5.74) is 12.1. The number of hydrogen-bond donors (Lipinski definition) is 0. The molecule has 0 amide bonds. The summed E-state index contributed by atoms with van der Waals surface area (Å²) in [6, 6.07) is 23.3. The molecule has 0 aliphatic heterocycles. The minimum absolute atomic E-state index is 0.356. The molecule has 0 N–H and O–H groups in total. The van der Waals surface area contributed by atoms with Crippen molar-refractivity contribution in [2.24, 2.45) is 0 Å². The Hall–Kier alpha value is -2.64. The molecule has 0 nitrogen and oxygen atoms in total. The maximum absolute atomic E-state index is 2.70. The van der Waals surface area contributed by atoms with Crippen molar-refractivity contribution in [2.75, 3.05) is 0 Å². The van der Waals surface area contributed by atoms with Gasteiger partial charge in [-0.05, 0) is 98.3 Å². The smallest absolute Gasteiger partial charge is 0.0761 e. The van der Waals surface area contributed by atoms with E-state index in [1.165, 1.54) is 44.5 Å². The fourth-order valence-electron chi connectivity index (χ4n) is 7.11. The van der Waals surface area contributed by atoms with Crippen LogP contribution in [0.5, 0.6) is 0 Å². The standard InChI is InChI=1S/C43H60Si/c1-26(2)34-17-35(27(3)4)21-40(20-34)44(43-16-32(13)15-33(43)14,41-22-36(28(5)6)18-37(23-41)29(7)8)42-24-38(30(9)10)19-39(25-42)31(11)12/h15-31,43H,1-14H3. The highest BCUT2D eigenvalue weighted by Crippen LogP contribution is 2.40. The van der Waals surface area contributed by atoms with Crippen LogP contribution in [0.15, 0.2) is 77.9 Å². The highest BCUT2D eigenvalue weighted by atomic mass is 28.3. The first-order valence-corrected chi connectivity index (χ1v) is 19.5. The van der Waals surface area contributed by atoms with Gasteiger partial charge in [-0.25, -0.2) is 0 Å². The Kier molecular flexibility index (Phi) is 10.4. The summed E-state index contributed by atoms with van der Waals surface area (Å²) in [4.78, 5) is 0. The zero-order valence-electron chi connectivity index (χ0n) is 30.4. The van der Waals surface area contributed by atoms with E-state index in [4.69, 9.17) is 0 Å². The van der Waals surface area contributed by atoms with Crippen LogP contribution in [0.25, 0.3) is 0 Å². The second-order valence-electron chi connectivity index (χ2n) is 15.7. The van der Waals surface area contributed by atoms with E-state index in [9.17, 15) is 0 Å². The lowest BCUT2D eigenvalue weighted by atomic mass is 9.95. The molecule has 0 bridgehead atoms. The number of rotatable bonds is 10.